The van der Waals surface area contributed by atoms with Gasteiger partial charge < -0.3 is 5.11 Å². The van der Waals surface area contributed by atoms with Crippen LogP contribution < -0.4 is 0 Å². The van der Waals surface area contributed by atoms with Crippen molar-refractivity contribution in [2.24, 2.45) is 0 Å². The van der Waals surface area contributed by atoms with Gasteiger partial charge in [0.2, 0.25) is 0 Å². The summed E-state index contributed by atoms with van der Waals surface area (Å²) in [4.78, 5) is 0. The van der Waals surface area contributed by atoms with Gasteiger partial charge >= 0.3 is 0 Å². The van der Waals surface area contributed by atoms with Crippen LogP contribution in [-0.4, -0.2) is 5.11 Å². The maximum absolute atomic E-state index is 13.3. The van der Waals surface area contributed by atoms with Gasteiger partial charge in [-0.15, -0.1) is 0 Å². The van der Waals surface area contributed by atoms with Crippen molar-refractivity contribution in [2.45, 2.75) is 31.3 Å². The third kappa shape index (κ3) is 2.52. The molecule has 3 heteroatoms. The maximum Gasteiger partial charge on any atom is 0.137 e. The monoisotopic (exact) mass is 334 g/mol. The van der Waals surface area contributed by atoms with E-state index in [1.807, 2.05) is 18.2 Å². The molecule has 1 aliphatic rings. The number of hydrogen-bond acceptors (Lipinski definition) is 1. The van der Waals surface area contributed by atoms with Crippen LogP contribution in [0.3, 0.4) is 0 Å². The van der Waals surface area contributed by atoms with Crippen molar-refractivity contribution in [1.82, 2.24) is 0 Å². The molecule has 0 amide bonds. The molecule has 0 spiro atoms. The summed E-state index contributed by atoms with van der Waals surface area (Å²) in [5.41, 5.74) is 2.88. The molecule has 1 atom stereocenters. The Labute approximate surface area is 126 Å². The van der Waals surface area contributed by atoms with Crippen LogP contribution in [0.2, 0.25) is 0 Å². The van der Waals surface area contributed by atoms with Gasteiger partial charge in [0.1, 0.15) is 11.9 Å². The van der Waals surface area contributed by atoms with Crippen molar-refractivity contribution < 1.29 is 9.50 Å². The zero-order valence-electron chi connectivity index (χ0n) is 11.0. The van der Waals surface area contributed by atoms with Crippen LogP contribution in [0.15, 0.2) is 46.9 Å². The fourth-order valence-corrected chi connectivity index (χ4v) is 3.11. The fraction of sp³-hybridized carbons (Fsp3) is 0.294. The zero-order chi connectivity index (χ0) is 14.1. The molecule has 0 radical (unpaired) electrons. The summed E-state index contributed by atoms with van der Waals surface area (Å²) in [5, 5.41) is 10.6. The van der Waals surface area contributed by atoms with E-state index in [9.17, 15) is 9.50 Å². The van der Waals surface area contributed by atoms with Crippen molar-refractivity contribution in [1.29, 1.82) is 0 Å². The predicted octanol–water partition coefficient (Wildman–Crippen LogP) is 4.94. The molecule has 1 unspecified atom stereocenters. The van der Waals surface area contributed by atoms with Crippen molar-refractivity contribution in [2.75, 3.05) is 0 Å². The summed E-state index contributed by atoms with van der Waals surface area (Å²) in [6.45, 7) is 0. The molecule has 1 N–H and O–H groups in total. The standard InChI is InChI=1S/C17H16BrFO/c18-15-10-12(8-9-16(15)19)17(20)14-7-2-1-6-13(14)11-4-3-5-11/h1-2,6-11,17,20H,3-5H2. The Morgan fingerprint density at radius 2 is 1.90 bits per heavy atom. The van der Waals surface area contributed by atoms with E-state index >= 15 is 0 Å². The Morgan fingerprint density at radius 3 is 2.55 bits per heavy atom. The molecule has 1 aliphatic carbocycles. The maximum atomic E-state index is 13.3. The fourth-order valence-electron chi connectivity index (χ4n) is 2.71. The smallest absolute Gasteiger partial charge is 0.137 e. The summed E-state index contributed by atoms with van der Waals surface area (Å²) in [6, 6.07) is 12.7. The number of hydrogen-bond donors (Lipinski definition) is 1. The van der Waals surface area contributed by atoms with Gasteiger partial charge in [-0.05, 0) is 63.5 Å². The van der Waals surface area contributed by atoms with Crippen LogP contribution in [0.1, 0.15) is 48.0 Å². The number of rotatable bonds is 3. The predicted molar refractivity (Wildman–Crippen MR) is 81.2 cm³/mol. The summed E-state index contributed by atoms with van der Waals surface area (Å²) in [7, 11) is 0. The molecule has 104 valence electrons. The van der Waals surface area contributed by atoms with Gasteiger partial charge in [0.15, 0.2) is 0 Å². The molecule has 2 aromatic rings. The molecule has 0 bridgehead atoms. The van der Waals surface area contributed by atoms with E-state index < -0.39 is 6.10 Å². The summed E-state index contributed by atoms with van der Waals surface area (Å²) in [5.74, 6) is 0.248. The highest BCUT2D eigenvalue weighted by molar-refractivity contribution is 9.10. The van der Waals surface area contributed by atoms with E-state index in [-0.39, 0.29) is 5.82 Å². The molecule has 1 saturated carbocycles. The number of aliphatic hydroxyl groups is 1. The van der Waals surface area contributed by atoms with E-state index in [0.29, 0.717) is 16.0 Å². The molecular formula is C17H16BrFO. The average Bonchev–Trinajstić information content (AvgIpc) is 2.40. The van der Waals surface area contributed by atoms with Gasteiger partial charge in [-0.3, -0.25) is 0 Å². The quantitative estimate of drug-likeness (QED) is 0.843. The lowest BCUT2D eigenvalue weighted by Gasteiger charge is -2.29. The molecule has 3 rings (SSSR count). The molecular weight excluding hydrogens is 319 g/mol. The van der Waals surface area contributed by atoms with Crippen LogP contribution >= 0.6 is 15.9 Å². The lowest BCUT2D eigenvalue weighted by atomic mass is 9.77. The minimum atomic E-state index is -0.705. The molecule has 0 heterocycles. The number of aliphatic hydroxyl groups excluding tert-OH is 1. The molecule has 1 fully saturated rings. The Hall–Kier alpha value is -1.19. The minimum absolute atomic E-state index is 0.312. The Kier molecular flexibility index (Phi) is 3.90. The second kappa shape index (κ2) is 5.66. The van der Waals surface area contributed by atoms with Crippen LogP contribution in [-0.2, 0) is 0 Å². The van der Waals surface area contributed by atoms with Crippen molar-refractivity contribution in [3.63, 3.8) is 0 Å². The average molecular weight is 335 g/mol. The number of benzene rings is 2. The lowest BCUT2D eigenvalue weighted by Crippen LogP contribution is -2.13. The molecule has 0 saturated heterocycles. The van der Waals surface area contributed by atoms with Crippen LogP contribution in [0.25, 0.3) is 0 Å². The lowest BCUT2D eigenvalue weighted by molar-refractivity contribution is 0.217. The molecule has 0 aromatic heterocycles. The minimum Gasteiger partial charge on any atom is -0.384 e. The largest absolute Gasteiger partial charge is 0.384 e. The van der Waals surface area contributed by atoms with Gasteiger partial charge in [0.25, 0.3) is 0 Å². The highest BCUT2D eigenvalue weighted by atomic mass is 79.9. The highest BCUT2D eigenvalue weighted by Crippen LogP contribution is 2.40. The zero-order valence-corrected chi connectivity index (χ0v) is 12.6. The van der Waals surface area contributed by atoms with E-state index in [2.05, 4.69) is 22.0 Å². The summed E-state index contributed by atoms with van der Waals surface area (Å²) < 4.78 is 13.7. The summed E-state index contributed by atoms with van der Waals surface area (Å²) >= 11 is 3.17. The first-order chi connectivity index (χ1) is 9.66. The first kappa shape index (κ1) is 13.8. The Morgan fingerprint density at radius 1 is 1.15 bits per heavy atom. The van der Waals surface area contributed by atoms with E-state index in [1.54, 1.807) is 12.1 Å². The molecule has 0 aliphatic heterocycles. The van der Waals surface area contributed by atoms with Crippen molar-refractivity contribution in [3.8, 4) is 0 Å². The van der Waals surface area contributed by atoms with Gasteiger partial charge in [0.05, 0.1) is 4.47 Å². The molecule has 20 heavy (non-hydrogen) atoms. The van der Waals surface area contributed by atoms with Gasteiger partial charge in [-0.2, -0.15) is 0 Å². The van der Waals surface area contributed by atoms with Crippen LogP contribution in [0.4, 0.5) is 4.39 Å². The van der Waals surface area contributed by atoms with E-state index in [1.165, 1.54) is 30.9 Å². The topological polar surface area (TPSA) is 20.2 Å². The van der Waals surface area contributed by atoms with E-state index in [4.69, 9.17) is 0 Å². The highest BCUT2D eigenvalue weighted by Gasteiger charge is 2.24. The Balaban J connectivity index is 1.97. The van der Waals surface area contributed by atoms with Crippen LogP contribution in [0, 0.1) is 5.82 Å². The third-order valence-corrected chi connectivity index (χ3v) is 4.70. The van der Waals surface area contributed by atoms with Crippen molar-refractivity contribution in [3.05, 3.63) is 69.4 Å². The Bertz CT molecular complexity index is 622. The van der Waals surface area contributed by atoms with Crippen molar-refractivity contribution >= 4 is 15.9 Å². The summed E-state index contributed by atoms with van der Waals surface area (Å²) in [6.07, 6.45) is 2.94. The second-order valence-corrected chi connectivity index (χ2v) is 6.19. The second-order valence-electron chi connectivity index (χ2n) is 5.33. The van der Waals surface area contributed by atoms with Gasteiger partial charge in [-0.25, -0.2) is 4.39 Å². The first-order valence-corrected chi connectivity index (χ1v) is 7.68. The molecule has 1 nitrogen and oxygen atoms in total. The normalized spacial score (nSPS) is 16.8. The molecule has 2 aromatic carbocycles. The SMILES string of the molecule is OC(c1ccc(F)c(Br)c1)c1ccccc1C1CCC1. The van der Waals surface area contributed by atoms with Gasteiger partial charge in [0, 0.05) is 0 Å². The number of halogens is 2. The first-order valence-electron chi connectivity index (χ1n) is 6.88. The van der Waals surface area contributed by atoms with E-state index in [0.717, 1.165) is 5.56 Å². The van der Waals surface area contributed by atoms with Gasteiger partial charge in [-0.1, -0.05) is 36.8 Å². The van der Waals surface area contributed by atoms with Crippen LogP contribution in [0.5, 0.6) is 0 Å². The third-order valence-electron chi connectivity index (χ3n) is 4.09.